The molecule has 3 aromatic carbocycles. The number of carbonyl (C=O) groups is 1. The van der Waals surface area contributed by atoms with Gasteiger partial charge in [-0.1, -0.05) is 42.5 Å². The Morgan fingerprint density at radius 3 is 2.48 bits per heavy atom. The van der Waals surface area contributed by atoms with Crippen LogP contribution in [0, 0.1) is 3.57 Å². The number of hydrogen-bond acceptors (Lipinski definition) is 5. The van der Waals surface area contributed by atoms with Gasteiger partial charge in [-0.15, -0.1) is 0 Å². The van der Waals surface area contributed by atoms with Crippen LogP contribution in [-0.4, -0.2) is 30.9 Å². The summed E-state index contributed by atoms with van der Waals surface area (Å²) in [6.07, 6.45) is 1.47. The second-order valence-corrected chi connectivity index (χ2v) is 7.19. The Balaban J connectivity index is 1.51. The lowest BCUT2D eigenvalue weighted by molar-refractivity contribution is -0.123. The lowest BCUT2D eigenvalue weighted by Gasteiger charge is -2.07. The van der Waals surface area contributed by atoms with Crippen LogP contribution in [0.2, 0.25) is 0 Å². The number of rotatable bonds is 7. The number of ether oxygens (including phenoxy) is 2. The topological polar surface area (TPSA) is 80.2 Å². The molecule has 29 heavy (non-hydrogen) atoms. The summed E-state index contributed by atoms with van der Waals surface area (Å²) in [7, 11) is 1.47. The third-order valence-corrected chi connectivity index (χ3v) is 4.83. The van der Waals surface area contributed by atoms with Crippen molar-refractivity contribution in [2.24, 2.45) is 5.10 Å². The number of carbonyl (C=O) groups excluding carboxylic acids is 1. The molecule has 3 aromatic rings. The van der Waals surface area contributed by atoms with Crippen LogP contribution in [0.1, 0.15) is 5.56 Å². The first-order valence-corrected chi connectivity index (χ1v) is 9.81. The Kier molecular flexibility index (Phi) is 7.07. The fraction of sp³-hybridized carbons (Fsp3) is 0.0909. The number of nitrogens with zero attached hydrogens (tertiary/aromatic N) is 1. The summed E-state index contributed by atoms with van der Waals surface area (Å²) in [5.74, 6) is 0.628. The van der Waals surface area contributed by atoms with Crippen LogP contribution < -0.4 is 14.9 Å². The molecule has 0 radical (unpaired) electrons. The molecular formula is C22H19IN2O4. The van der Waals surface area contributed by atoms with E-state index in [9.17, 15) is 9.90 Å². The number of phenolic OH excluding ortho intramolecular Hbond substituents is 1. The Morgan fingerprint density at radius 2 is 1.79 bits per heavy atom. The maximum absolute atomic E-state index is 11.9. The number of phenols is 1. The first-order chi connectivity index (χ1) is 14.1. The summed E-state index contributed by atoms with van der Waals surface area (Å²) in [6.45, 7) is -0.154. The van der Waals surface area contributed by atoms with Crippen LogP contribution in [0.4, 0.5) is 0 Å². The SMILES string of the molecule is COc1cc(C=NNC(=O)COc2ccc(-c3ccccc3)cc2)cc(I)c1O. The molecule has 0 unspecified atom stereocenters. The number of methoxy groups -OCH3 is 1. The normalized spacial score (nSPS) is 10.7. The highest BCUT2D eigenvalue weighted by Crippen LogP contribution is 2.31. The minimum atomic E-state index is -0.381. The van der Waals surface area contributed by atoms with Gasteiger partial charge in [-0.2, -0.15) is 5.10 Å². The number of amides is 1. The van der Waals surface area contributed by atoms with Gasteiger partial charge in [0.2, 0.25) is 0 Å². The maximum Gasteiger partial charge on any atom is 0.277 e. The molecule has 7 heteroatoms. The van der Waals surface area contributed by atoms with E-state index in [4.69, 9.17) is 9.47 Å². The summed E-state index contributed by atoms with van der Waals surface area (Å²) < 4.78 is 11.2. The Hall–Kier alpha value is -3.07. The van der Waals surface area contributed by atoms with Crippen LogP contribution >= 0.6 is 22.6 Å². The van der Waals surface area contributed by atoms with Gasteiger partial charge in [0, 0.05) is 0 Å². The van der Waals surface area contributed by atoms with Crippen LogP contribution in [0.15, 0.2) is 71.8 Å². The molecule has 2 N–H and O–H groups in total. The van der Waals surface area contributed by atoms with Crippen molar-refractivity contribution in [2.75, 3.05) is 13.7 Å². The third-order valence-electron chi connectivity index (χ3n) is 4.00. The van der Waals surface area contributed by atoms with Crippen LogP contribution in [0.5, 0.6) is 17.2 Å². The van der Waals surface area contributed by atoms with Crippen molar-refractivity contribution >= 4 is 34.7 Å². The standard InChI is InChI=1S/C22H19IN2O4/c1-28-20-12-15(11-19(23)22(20)27)13-24-25-21(26)14-29-18-9-7-17(8-10-18)16-5-3-2-4-6-16/h2-13,27H,14H2,1H3,(H,25,26). The molecule has 0 aliphatic heterocycles. The van der Waals surface area contributed by atoms with Crippen LogP contribution in [-0.2, 0) is 4.79 Å². The monoisotopic (exact) mass is 502 g/mol. The van der Waals surface area contributed by atoms with E-state index in [1.807, 2.05) is 77.2 Å². The molecule has 0 aliphatic carbocycles. The van der Waals surface area contributed by atoms with Crippen molar-refractivity contribution in [3.63, 3.8) is 0 Å². The highest BCUT2D eigenvalue weighted by atomic mass is 127. The second-order valence-electron chi connectivity index (χ2n) is 6.03. The maximum atomic E-state index is 11.9. The lowest BCUT2D eigenvalue weighted by atomic mass is 10.1. The zero-order chi connectivity index (χ0) is 20.6. The van der Waals surface area contributed by atoms with Crippen molar-refractivity contribution in [3.05, 3.63) is 75.9 Å². The molecular weight excluding hydrogens is 483 g/mol. The van der Waals surface area contributed by atoms with Crippen molar-refractivity contribution in [3.8, 4) is 28.4 Å². The number of halogens is 1. The third kappa shape index (κ3) is 5.71. The van der Waals surface area contributed by atoms with E-state index in [0.29, 0.717) is 20.6 Å². The molecule has 0 bridgehead atoms. The highest BCUT2D eigenvalue weighted by molar-refractivity contribution is 14.1. The predicted molar refractivity (Wildman–Crippen MR) is 120 cm³/mol. The average Bonchev–Trinajstić information content (AvgIpc) is 2.75. The van der Waals surface area contributed by atoms with Crippen LogP contribution in [0.25, 0.3) is 11.1 Å². The summed E-state index contributed by atoms with van der Waals surface area (Å²) in [4.78, 5) is 11.9. The Bertz CT molecular complexity index is 1010. The van der Waals surface area contributed by atoms with Gasteiger partial charge in [-0.3, -0.25) is 4.79 Å². The molecule has 1 amide bonds. The zero-order valence-corrected chi connectivity index (χ0v) is 17.8. The Labute approximate surface area is 182 Å². The summed E-state index contributed by atoms with van der Waals surface area (Å²) >= 11 is 1.99. The molecule has 0 atom stereocenters. The first kappa shape index (κ1) is 20.7. The molecule has 3 rings (SSSR count). The largest absolute Gasteiger partial charge is 0.504 e. The van der Waals surface area contributed by atoms with Crippen molar-refractivity contribution < 1.29 is 19.4 Å². The number of aromatic hydroxyl groups is 1. The minimum Gasteiger partial charge on any atom is -0.504 e. The predicted octanol–water partition coefficient (Wildman–Crippen LogP) is 4.20. The molecule has 6 nitrogen and oxygen atoms in total. The van der Waals surface area contributed by atoms with E-state index >= 15 is 0 Å². The average molecular weight is 502 g/mol. The minimum absolute atomic E-state index is 0.0703. The summed E-state index contributed by atoms with van der Waals surface area (Å²) in [6, 6.07) is 20.9. The lowest BCUT2D eigenvalue weighted by Crippen LogP contribution is -2.24. The van der Waals surface area contributed by atoms with E-state index in [-0.39, 0.29) is 18.3 Å². The Morgan fingerprint density at radius 1 is 1.10 bits per heavy atom. The molecule has 0 spiro atoms. The van der Waals surface area contributed by atoms with Gasteiger partial charge in [-0.05, 0) is 63.5 Å². The molecule has 0 saturated heterocycles. The van der Waals surface area contributed by atoms with Crippen molar-refractivity contribution in [1.29, 1.82) is 0 Å². The number of benzene rings is 3. The first-order valence-electron chi connectivity index (χ1n) is 8.73. The fourth-order valence-electron chi connectivity index (χ4n) is 2.56. The van der Waals surface area contributed by atoms with E-state index in [1.165, 1.54) is 13.3 Å². The van der Waals surface area contributed by atoms with E-state index in [2.05, 4.69) is 10.5 Å². The number of hydrogen-bond donors (Lipinski definition) is 2. The highest BCUT2D eigenvalue weighted by Gasteiger charge is 2.07. The molecule has 0 heterocycles. The molecule has 0 fully saturated rings. The second kappa shape index (κ2) is 9.92. The van der Waals surface area contributed by atoms with Gasteiger partial charge in [0.25, 0.3) is 5.91 Å². The molecule has 0 aliphatic rings. The van der Waals surface area contributed by atoms with Gasteiger partial charge in [0.05, 0.1) is 16.9 Å². The fourth-order valence-corrected chi connectivity index (χ4v) is 3.18. The van der Waals surface area contributed by atoms with Gasteiger partial charge >= 0.3 is 0 Å². The van der Waals surface area contributed by atoms with Gasteiger partial charge < -0.3 is 14.6 Å². The molecule has 0 saturated carbocycles. The summed E-state index contributed by atoms with van der Waals surface area (Å²) in [5, 5.41) is 13.7. The number of hydrazone groups is 1. The number of nitrogens with one attached hydrogen (secondary N) is 1. The van der Waals surface area contributed by atoms with Gasteiger partial charge in [0.1, 0.15) is 5.75 Å². The van der Waals surface area contributed by atoms with Crippen molar-refractivity contribution in [2.45, 2.75) is 0 Å². The van der Waals surface area contributed by atoms with Crippen LogP contribution in [0.3, 0.4) is 0 Å². The van der Waals surface area contributed by atoms with E-state index in [1.54, 1.807) is 12.1 Å². The van der Waals surface area contributed by atoms with Gasteiger partial charge in [-0.25, -0.2) is 5.43 Å². The molecule has 148 valence electrons. The van der Waals surface area contributed by atoms with E-state index in [0.717, 1.165) is 11.1 Å². The molecule has 0 aromatic heterocycles. The van der Waals surface area contributed by atoms with Gasteiger partial charge in [0.15, 0.2) is 18.1 Å². The summed E-state index contributed by atoms with van der Waals surface area (Å²) in [5.41, 5.74) is 5.28. The van der Waals surface area contributed by atoms with Crippen molar-refractivity contribution in [1.82, 2.24) is 5.43 Å². The quantitative estimate of drug-likeness (QED) is 0.289. The smallest absolute Gasteiger partial charge is 0.277 e. The zero-order valence-electron chi connectivity index (χ0n) is 15.6. The van der Waals surface area contributed by atoms with E-state index < -0.39 is 0 Å².